The molecule has 18 aromatic carbocycles. The molecule has 120 heavy (non-hydrogen) atoms. The largest absolute Gasteiger partial charge is 0.310 e. The Morgan fingerprint density at radius 2 is 0.342 bits per heavy atom. The van der Waals surface area contributed by atoms with E-state index in [2.05, 4.69) is 503 Å². The number of allylic oxidation sites excluding steroid dienone is 4. The lowest BCUT2D eigenvalue weighted by molar-refractivity contribution is 0.854. The fourth-order valence-corrected chi connectivity index (χ4v) is 17.7. The van der Waals surface area contributed by atoms with Gasteiger partial charge in [-0.15, -0.1) is 0 Å². The van der Waals surface area contributed by atoms with Gasteiger partial charge in [-0.05, 0) is 275 Å². The van der Waals surface area contributed by atoms with E-state index in [4.69, 9.17) is 0 Å². The minimum atomic E-state index is 0.0879. The molecule has 0 saturated heterocycles. The molecule has 0 N–H and O–H groups in total. The van der Waals surface area contributed by atoms with Crippen LogP contribution in [0.3, 0.4) is 0 Å². The molecule has 0 amide bonds. The first-order valence-corrected chi connectivity index (χ1v) is 41.6. The summed E-state index contributed by atoms with van der Waals surface area (Å²) in [6, 6.07) is 164. The summed E-state index contributed by atoms with van der Waals surface area (Å²) in [5.41, 5.74) is 37.7. The van der Waals surface area contributed by atoms with Crippen LogP contribution >= 0.6 is 0 Å². The van der Waals surface area contributed by atoms with E-state index in [1.165, 1.54) is 5.56 Å². The van der Waals surface area contributed by atoms with Crippen LogP contribution in [-0.4, -0.2) is 0 Å². The maximum absolute atomic E-state index is 2.65. The van der Waals surface area contributed by atoms with E-state index in [9.17, 15) is 0 Å². The monoisotopic (exact) mass is 1540 g/mol. The minimum Gasteiger partial charge on any atom is -0.310 e. The Morgan fingerprint density at radius 3 is 0.508 bits per heavy atom. The van der Waals surface area contributed by atoms with Gasteiger partial charge < -0.3 is 14.7 Å². The van der Waals surface area contributed by atoms with Crippen molar-refractivity contribution in [2.24, 2.45) is 0 Å². The smallest absolute Gasteiger partial charge is 0.0562 e. The van der Waals surface area contributed by atoms with Crippen molar-refractivity contribution in [2.45, 2.75) is 33.1 Å². The second-order valence-corrected chi connectivity index (χ2v) is 31.3. The van der Waals surface area contributed by atoms with E-state index < -0.39 is 0 Å². The number of nitrogens with zero attached hydrogens (tertiary/aromatic N) is 3. The van der Waals surface area contributed by atoms with Crippen molar-refractivity contribution in [3.05, 3.63) is 489 Å². The molecule has 572 valence electrons. The van der Waals surface area contributed by atoms with E-state index in [1.54, 1.807) is 0 Å². The van der Waals surface area contributed by atoms with Crippen LogP contribution in [0.5, 0.6) is 0 Å². The van der Waals surface area contributed by atoms with Gasteiger partial charge in [0.2, 0.25) is 0 Å². The lowest BCUT2D eigenvalue weighted by atomic mass is 9.88. The SMILES string of the molecule is Cc1c(N(c2cc(-c3ccccc3)cc(-c3ccccc3)c2)c2cc(-c3ccccc3)cc(-c3ccccc3)c2)c(C)c(N(c2cc(-c3ccccc3)cc(-c3ccccc3)c2)c2cc(-c3ccccc3)cc(C3C=CC=CC3)c2)c(C)c1N(c1cc(-c2ccccc2)cc(-c2ccccc2)c1)c1cc(-c2ccccc2)cc(-c2ccccc2)c1. The topological polar surface area (TPSA) is 9.72 Å². The molecule has 0 aromatic heterocycles. The Bertz CT molecular complexity index is 5890. The molecule has 0 bridgehead atoms. The number of rotatable bonds is 21. The van der Waals surface area contributed by atoms with Crippen LogP contribution in [0.25, 0.3) is 122 Å². The highest BCUT2D eigenvalue weighted by molar-refractivity contribution is 6.02. The first-order valence-electron chi connectivity index (χ1n) is 41.6. The fourth-order valence-electron chi connectivity index (χ4n) is 17.7. The lowest BCUT2D eigenvalue weighted by Crippen LogP contribution is -2.22. The zero-order valence-electron chi connectivity index (χ0n) is 67.6. The lowest BCUT2D eigenvalue weighted by Gasteiger charge is -2.39. The van der Waals surface area contributed by atoms with Gasteiger partial charge in [0.05, 0.1) is 17.1 Å². The van der Waals surface area contributed by atoms with E-state index >= 15 is 0 Å². The number of hydrogen-bond donors (Lipinski definition) is 0. The molecule has 0 saturated carbocycles. The van der Waals surface area contributed by atoms with E-state index in [0.29, 0.717) is 0 Å². The molecule has 3 heteroatoms. The summed E-state index contributed by atoms with van der Waals surface area (Å²) in [6.45, 7) is 7.25. The molecule has 3 nitrogen and oxygen atoms in total. The second kappa shape index (κ2) is 34.0. The van der Waals surface area contributed by atoms with Crippen molar-refractivity contribution in [2.75, 3.05) is 14.7 Å². The zero-order valence-corrected chi connectivity index (χ0v) is 67.6. The molecular formula is C117H89N3. The molecule has 1 aliphatic carbocycles. The van der Waals surface area contributed by atoms with Gasteiger partial charge in [0.15, 0.2) is 0 Å². The number of benzene rings is 18. The van der Waals surface area contributed by atoms with Crippen molar-refractivity contribution < 1.29 is 0 Å². The van der Waals surface area contributed by atoms with Gasteiger partial charge in [-0.2, -0.15) is 0 Å². The van der Waals surface area contributed by atoms with E-state index in [0.717, 1.165) is 197 Å². The Kier molecular flexibility index (Phi) is 21.2. The number of hydrogen-bond acceptors (Lipinski definition) is 3. The first-order chi connectivity index (χ1) is 59.2. The van der Waals surface area contributed by atoms with Gasteiger partial charge >= 0.3 is 0 Å². The van der Waals surface area contributed by atoms with Crippen molar-refractivity contribution >= 4 is 51.2 Å². The predicted molar refractivity (Wildman–Crippen MR) is 510 cm³/mol. The van der Waals surface area contributed by atoms with Gasteiger partial charge in [0.1, 0.15) is 0 Å². The summed E-state index contributed by atoms with van der Waals surface area (Å²) >= 11 is 0. The minimum absolute atomic E-state index is 0.0879. The highest BCUT2D eigenvalue weighted by atomic mass is 15.2. The summed E-state index contributed by atoms with van der Waals surface area (Å²) in [4.78, 5) is 7.93. The molecule has 0 aliphatic heterocycles. The maximum Gasteiger partial charge on any atom is 0.0562 e. The molecule has 0 heterocycles. The van der Waals surface area contributed by atoms with Gasteiger partial charge in [-0.1, -0.05) is 364 Å². The molecular weight excluding hydrogens is 1450 g/mol. The molecule has 0 radical (unpaired) electrons. The van der Waals surface area contributed by atoms with Crippen LogP contribution in [-0.2, 0) is 0 Å². The summed E-state index contributed by atoms with van der Waals surface area (Å²) in [5.74, 6) is 0.0879. The Labute approximate surface area is 706 Å². The molecule has 0 spiro atoms. The zero-order chi connectivity index (χ0) is 80.7. The summed E-state index contributed by atoms with van der Waals surface area (Å²) in [7, 11) is 0. The van der Waals surface area contributed by atoms with Gasteiger partial charge in [0, 0.05) is 40.0 Å². The van der Waals surface area contributed by atoms with Crippen LogP contribution in [0.4, 0.5) is 51.2 Å². The average Bonchev–Trinajstić information content (AvgIpc) is 0.718. The standard InChI is InChI=1S/C117H89N3/c1-82-115(118(109-70-97(85-40-16-4-17-41-85)64-98(71-109)86-42-18-5-19-43-86)110-72-99(87-44-20-6-21-45-87)65-100(73-110)88-46-22-7-23-47-88)83(2)117(120(113-78-105(93-56-32-12-33-57-93)68-106(79-113)94-58-34-13-35-59-94)114-80-107(95-60-36-14-37-61-95)69-108(81-114)96-62-38-15-39-63-96)84(3)116(82)119(111-74-101(89-48-24-8-25-49-89)66-102(75-111)90-50-26-9-27-51-90)112-76-103(91-52-28-10-29-53-91)67-104(77-112)92-54-30-11-31-55-92/h4-62,64-81,96H,63H2,1-3H3. The normalized spacial score (nSPS) is 12.3. The Morgan fingerprint density at radius 1 is 0.175 bits per heavy atom. The van der Waals surface area contributed by atoms with Crippen LogP contribution in [0.2, 0.25) is 0 Å². The third-order valence-electron chi connectivity index (χ3n) is 23.5. The summed E-state index contributed by atoms with van der Waals surface area (Å²) < 4.78 is 0. The molecule has 18 aromatic rings. The Balaban J connectivity index is 1.04. The molecule has 19 rings (SSSR count). The van der Waals surface area contributed by atoms with E-state index in [-0.39, 0.29) is 5.92 Å². The van der Waals surface area contributed by atoms with Crippen LogP contribution in [0.1, 0.15) is 34.6 Å². The van der Waals surface area contributed by atoms with Gasteiger partial charge in [0.25, 0.3) is 0 Å². The third-order valence-corrected chi connectivity index (χ3v) is 23.5. The first kappa shape index (κ1) is 74.9. The van der Waals surface area contributed by atoms with Gasteiger partial charge in [-0.3, -0.25) is 0 Å². The summed E-state index contributed by atoms with van der Waals surface area (Å²) in [5, 5.41) is 0. The second-order valence-electron chi connectivity index (χ2n) is 31.3. The van der Waals surface area contributed by atoms with Gasteiger partial charge in [-0.25, -0.2) is 0 Å². The molecule has 0 fully saturated rings. The number of anilines is 9. The highest BCUT2D eigenvalue weighted by Crippen LogP contribution is 2.57. The predicted octanol–water partition coefficient (Wildman–Crippen LogP) is 33.0. The quantitative estimate of drug-likeness (QED) is 0.0710. The third kappa shape index (κ3) is 15.7. The fraction of sp³-hybridized carbons (Fsp3) is 0.0427. The average molecular weight is 1540 g/mol. The maximum atomic E-state index is 2.65. The Hall–Kier alpha value is -15.2. The van der Waals surface area contributed by atoms with Crippen LogP contribution in [0.15, 0.2) is 467 Å². The van der Waals surface area contributed by atoms with E-state index in [1.807, 2.05) is 0 Å². The van der Waals surface area contributed by atoms with Crippen LogP contribution < -0.4 is 14.7 Å². The van der Waals surface area contributed by atoms with Crippen LogP contribution in [0, 0.1) is 20.8 Å². The van der Waals surface area contributed by atoms with Crippen molar-refractivity contribution in [1.29, 1.82) is 0 Å². The van der Waals surface area contributed by atoms with Crippen molar-refractivity contribution in [3.63, 3.8) is 0 Å². The molecule has 1 aliphatic rings. The highest BCUT2D eigenvalue weighted by Gasteiger charge is 2.34. The van der Waals surface area contributed by atoms with Crippen molar-refractivity contribution in [3.8, 4) is 122 Å². The summed E-state index contributed by atoms with van der Waals surface area (Å²) in [6.07, 6.45) is 9.98. The molecule has 1 unspecified atom stereocenters. The molecule has 1 atom stereocenters. The van der Waals surface area contributed by atoms with Crippen molar-refractivity contribution in [1.82, 2.24) is 0 Å².